The van der Waals surface area contributed by atoms with E-state index in [0.29, 0.717) is 13.2 Å². The van der Waals surface area contributed by atoms with E-state index in [0.717, 1.165) is 6.42 Å². The number of hydrogen-bond donors (Lipinski definition) is 0. The van der Waals surface area contributed by atoms with Crippen molar-refractivity contribution in [3.05, 3.63) is 24.9 Å². The first-order chi connectivity index (χ1) is 7.19. The summed E-state index contributed by atoms with van der Waals surface area (Å²) < 4.78 is 4.71. The highest BCUT2D eigenvalue weighted by molar-refractivity contribution is 5.86. The van der Waals surface area contributed by atoms with Crippen LogP contribution in [0.25, 0.3) is 0 Å². The lowest BCUT2D eigenvalue weighted by molar-refractivity contribution is -0.137. The van der Waals surface area contributed by atoms with Crippen LogP contribution in [0.2, 0.25) is 0 Å². The molecular formula is C11H15NO3. The van der Waals surface area contributed by atoms with Crippen LogP contribution in [0.3, 0.4) is 0 Å². The molecule has 0 aromatic carbocycles. The molecule has 4 heteroatoms. The summed E-state index contributed by atoms with van der Waals surface area (Å²) in [7, 11) is 0. The fourth-order valence-electron chi connectivity index (χ4n) is 1.43. The molecule has 0 aromatic rings. The van der Waals surface area contributed by atoms with E-state index >= 15 is 0 Å². The lowest BCUT2D eigenvalue weighted by Crippen LogP contribution is -2.21. The van der Waals surface area contributed by atoms with Crippen molar-refractivity contribution in [2.75, 3.05) is 13.2 Å². The Balaban J connectivity index is 2.50. The third-order valence-electron chi connectivity index (χ3n) is 2.24. The number of rotatable bonds is 4. The van der Waals surface area contributed by atoms with Gasteiger partial charge in [0.1, 0.15) is 0 Å². The highest BCUT2D eigenvalue weighted by Crippen LogP contribution is 2.18. The molecule has 4 nitrogen and oxygen atoms in total. The van der Waals surface area contributed by atoms with Gasteiger partial charge in [-0.25, -0.2) is 4.79 Å². The first-order valence-electron chi connectivity index (χ1n) is 4.97. The van der Waals surface area contributed by atoms with Gasteiger partial charge in [0, 0.05) is 18.8 Å². The van der Waals surface area contributed by atoms with Crippen LogP contribution in [-0.2, 0) is 14.3 Å². The van der Waals surface area contributed by atoms with Crippen LogP contribution in [-0.4, -0.2) is 29.9 Å². The van der Waals surface area contributed by atoms with E-state index in [1.807, 2.05) is 0 Å². The molecular weight excluding hydrogens is 194 g/mol. The molecule has 1 aliphatic heterocycles. The minimum Gasteiger partial charge on any atom is -0.463 e. The molecule has 0 radical (unpaired) electrons. The Labute approximate surface area is 89.2 Å². The van der Waals surface area contributed by atoms with E-state index in [9.17, 15) is 9.59 Å². The fraction of sp³-hybridized carbons (Fsp3) is 0.455. The van der Waals surface area contributed by atoms with Gasteiger partial charge in [-0.3, -0.25) is 4.79 Å². The second-order valence-electron chi connectivity index (χ2n) is 3.23. The van der Waals surface area contributed by atoms with Crippen LogP contribution in [0.15, 0.2) is 24.9 Å². The topological polar surface area (TPSA) is 46.6 Å². The molecule has 1 heterocycles. The van der Waals surface area contributed by atoms with Crippen molar-refractivity contribution in [2.45, 2.75) is 13.3 Å². The largest absolute Gasteiger partial charge is 0.463 e. The molecule has 0 aromatic heterocycles. The number of amides is 1. The SMILES string of the molecule is C=CC1CCN(C=CC(=O)OCC)C1=O. The van der Waals surface area contributed by atoms with E-state index in [2.05, 4.69) is 6.58 Å². The predicted molar refractivity (Wildman–Crippen MR) is 55.8 cm³/mol. The quantitative estimate of drug-likeness (QED) is 0.395. The van der Waals surface area contributed by atoms with Gasteiger partial charge in [0.25, 0.3) is 0 Å². The van der Waals surface area contributed by atoms with Gasteiger partial charge in [-0.05, 0) is 13.3 Å². The van der Waals surface area contributed by atoms with Crippen LogP contribution in [0.5, 0.6) is 0 Å². The third-order valence-corrected chi connectivity index (χ3v) is 2.24. The predicted octanol–water partition coefficient (Wildman–Crippen LogP) is 1.10. The minimum atomic E-state index is -0.424. The number of carbonyl (C=O) groups excluding carboxylic acids is 2. The normalized spacial score (nSPS) is 21.0. The molecule has 1 rings (SSSR count). The molecule has 1 atom stereocenters. The van der Waals surface area contributed by atoms with Gasteiger partial charge >= 0.3 is 5.97 Å². The van der Waals surface area contributed by atoms with E-state index in [-0.39, 0.29) is 11.8 Å². The Morgan fingerprint density at radius 2 is 2.47 bits per heavy atom. The second-order valence-corrected chi connectivity index (χ2v) is 3.23. The first kappa shape index (κ1) is 11.5. The summed E-state index contributed by atoms with van der Waals surface area (Å²) in [5, 5.41) is 0. The van der Waals surface area contributed by atoms with Gasteiger partial charge in [-0.1, -0.05) is 6.08 Å². The Morgan fingerprint density at radius 1 is 1.73 bits per heavy atom. The number of nitrogens with zero attached hydrogens (tertiary/aromatic N) is 1. The maximum atomic E-state index is 11.6. The van der Waals surface area contributed by atoms with Crippen molar-refractivity contribution < 1.29 is 14.3 Å². The summed E-state index contributed by atoms with van der Waals surface area (Å²) >= 11 is 0. The van der Waals surface area contributed by atoms with Crippen LogP contribution < -0.4 is 0 Å². The number of carbonyl (C=O) groups is 2. The van der Waals surface area contributed by atoms with Crippen LogP contribution in [0, 0.1) is 5.92 Å². The zero-order valence-corrected chi connectivity index (χ0v) is 8.81. The number of hydrogen-bond acceptors (Lipinski definition) is 3. The first-order valence-corrected chi connectivity index (χ1v) is 4.97. The van der Waals surface area contributed by atoms with Crippen LogP contribution >= 0.6 is 0 Å². The highest BCUT2D eigenvalue weighted by Gasteiger charge is 2.27. The number of ether oxygens (including phenoxy) is 1. The average Bonchev–Trinajstić information content (AvgIpc) is 2.57. The second kappa shape index (κ2) is 5.34. The van der Waals surface area contributed by atoms with Crippen LogP contribution in [0.4, 0.5) is 0 Å². The third kappa shape index (κ3) is 2.94. The summed E-state index contributed by atoms with van der Waals surface area (Å²) in [6, 6.07) is 0. The van der Waals surface area contributed by atoms with Crippen molar-refractivity contribution in [2.24, 2.45) is 5.92 Å². The van der Waals surface area contributed by atoms with Crippen molar-refractivity contribution in [3.63, 3.8) is 0 Å². The minimum absolute atomic E-state index is 0.00875. The van der Waals surface area contributed by atoms with Crippen molar-refractivity contribution in [1.29, 1.82) is 0 Å². The summed E-state index contributed by atoms with van der Waals surface area (Å²) in [4.78, 5) is 24.1. The molecule has 0 aliphatic carbocycles. The van der Waals surface area contributed by atoms with Gasteiger partial charge in [0.05, 0.1) is 12.5 Å². The van der Waals surface area contributed by atoms with Crippen molar-refractivity contribution in [3.8, 4) is 0 Å². The summed E-state index contributed by atoms with van der Waals surface area (Å²) in [5.74, 6) is -0.547. The summed E-state index contributed by atoms with van der Waals surface area (Å²) in [5.41, 5.74) is 0. The molecule has 0 bridgehead atoms. The summed E-state index contributed by atoms with van der Waals surface area (Å²) in [6.07, 6.45) is 5.15. The monoisotopic (exact) mass is 209 g/mol. The van der Waals surface area contributed by atoms with Gasteiger partial charge in [0.2, 0.25) is 5.91 Å². The lowest BCUT2D eigenvalue weighted by Gasteiger charge is -2.09. The fourth-order valence-corrected chi connectivity index (χ4v) is 1.43. The molecule has 1 aliphatic rings. The molecule has 1 fully saturated rings. The zero-order valence-electron chi connectivity index (χ0n) is 8.81. The maximum absolute atomic E-state index is 11.6. The van der Waals surface area contributed by atoms with E-state index in [4.69, 9.17) is 4.74 Å². The van der Waals surface area contributed by atoms with Gasteiger partial charge < -0.3 is 9.64 Å². The molecule has 82 valence electrons. The molecule has 1 amide bonds. The van der Waals surface area contributed by atoms with E-state index < -0.39 is 5.97 Å². The standard InChI is InChI=1S/C11H15NO3/c1-3-9-5-7-12(11(9)14)8-6-10(13)15-4-2/h3,6,8-9H,1,4-5,7H2,2H3. The molecule has 15 heavy (non-hydrogen) atoms. The van der Waals surface area contributed by atoms with Gasteiger partial charge in [-0.15, -0.1) is 6.58 Å². The molecule has 0 saturated carbocycles. The van der Waals surface area contributed by atoms with Gasteiger partial charge in [-0.2, -0.15) is 0 Å². The van der Waals surface area contributed by atoms with E-state index in [1.54, 1.807) is 13.0 Å². The Bertz CT molecular complexity index is 296. The Morgan fingerprint density at radius 3 is 3.00 bits per heavy atom. The number of likely N-dealkylation sites (tertiary alicyclic amines) is 1. The van der Waals surface area contributed by atoms with Gasteiger partial charge in [0.15, 0.2) is 0 Å². The van der Waals surface area contributed by atoms with Crippen molar-refractivity contribution >= 4 is 11.9 Å². The molecule has 0 N–H and O–H groups in total. The lowest BCUT2D eigenvalue weighted by atomic mass is 10.1. The Hall–Kier alpha value is -1.58. The van der Waals surface area contributed by atoms with Crippen molar-refractivity contribution in [1.82, 2.24) is 4.90 Å². The smallest absolute Gasteiger partial charge is 0.332 e. The molecule has 1 saturated heterocycles. The highest BCUT2D eigenvalue weighted by atomic mass is 16.5. The summed E-state index contributed by atoms with van der Waals surface area (Å²) in [6.45, 7) is 6.30. The molecule has 1 unspecified atom stereocenters. The average molecular weight is 209 g/mol. The number of esters is 1. The maximum Gasteiger partial charge on any atom is 0.332 e. The molecule has 0 spiro atoms. The Kier molecular flexibility index (Phi) is 4.09. The zero-order chi connectivity index (χ0) is 11.3. The van der Waals surface area contributed by atoms with E-state index in [1.165, 1.54) is 17.2 Å². The van der Waals surface area contributed by atoms with Crippen LogP contribution in [0.1, 0.15) is 13.3 Å².